The first kappa shape index (κ1) is 12.2. The van der Waals surface area contributed by atoms with E-state index in [4.69, 9.17) is 5.11 Å². The molecule has 0 heterocycles. The number of hydrogen-bond acceptors (Lipinski definition) is 2. The van der Waals surface area contributed by atoms with Crippen molar-refractivity contribution in [3.63, 3.8) is 0 Å². The van der Waals surface area contributed by atoms with E-state index in [1.807, 2.05) is 19.9 Å². The number of benzene rings is 1. The van der Waals surface area contributed by atoms with Gasteiger partial charge in [0.05, 0.1) is 0 Å². The van der Waals surface area contributed by atoms with Gasteiger partial charge in [0, 0.05) is 7.05 Å². The molecule has 86 valence electrons. The Kier molecular flexibility index (Phi) is 3.66. The molecule has 0 aliphatic carbocycles. The topological polar surface area (TPSA) is 57.6 Å². The van der Waals surface area contributed by atoms with Crippen LogP contribution in [0.3, 0.4) is 0 Å². The maximum Gasteiger partial charge on any atom is 0.331 e. The average Bonchev–Trinajstić information content (AvgIpc) is 2.24. The van der Waals surface area contributed by atoms with Crippen LogP contribution in [0.5, 0.6) is 0 Å². The summed E-state index contributed by atoms with van der Waals surface area (Å²) in [6, 6.07) is 4.53. The highest BCUT2D eigenvalue weighted by atomic mass is 16.4. The van der Waals surface area contributed by atoms with Crippen LogP contribution in [0, 0.1) is 13.8 Å². The molecule has 0 radical (unpaired) electrons. The third-order valence-corrected chi connectivity index (χ3v) is 2.75. The van der Waals surface area contributed by atoms with Gasteiger partial charge in [0.1, 0.15) is 0 Å². The number of carbonyl (C=O) groups is 2. The lowest BCUT2D eigenvalue weighted by Gasteiger charge is -2.23. The highest BCUT2D eigenvalue weighted by molar-refractivity contribution is 5.78. The summed E-state index contributed by atoms with van der Waals surface area (Å²) in [7, 11) is 1.47. The summed E-state index contributed by atoms with van der Waals surface area (Å²) in [6.45, 7) is 3.78. The minimum Gasteiger partial charge on any atom is -0.479 e. The first-order valence-corrected chi connectivity index (χ1v) is 4.95. The molecule has 0 saturated carbocycles. The number of carbonyl (C=O) groups excluding carboxylic acids is 1. The normalized spacial score (nSPS) is 11.9. The molecule has 1 aromatic carbocycles. The Bertz CT molecular complexity index is 415. The molecular formula is C12H15NO3. The minimum absolute atomic E-state index is 0.528. The van der Waals surface area contributed by atoms with Gasteiger partial charge < -0.3 is 10.0 Å². The van der Waals surface area contributed by atoms with Crippen LogP contribution in [0.1, 0.15) is 22.7 Å². The van der Waals surface area contributed by atoms with Gasteiger partial charge in [0.2, 0.25) is 6.41 Å². The third-order valence-electron chi connectivity index (χ3n) is 2.75. The van der Waals surface area contributed by atoms with Crippen LogP contribution in [-0.2, 0) is 9.59 Å². The molecule has 1 rings (SSSR count). The predicted molar refractivity (Wildman–Crippen MR) is 60.1 cm³/mol. The van der Waals surface area contributed by atoms with Crippen molar-refractivity contribution in [2.75, 3.05) is 7.05 Å². The summed E-state index contributed by atoms with van der Waals surface area (Å²) < 4.78 is 0. The first-order valence-electron chi connectivity index (χ1n) is 4.95. The molecule has 0 aliphatic heterocycles. The van der Waals surface area contributed by atoms with Gasteiger partial charge in [-0.15, -0.1) is 0 Å². The van der Waals surface area contributed by atoms with E-state index in [1.54, 1.807) is 12.1 Å². The second kappa shape index (κ2) is 4.79. The van der Waals surface area contributed by atoms with Crippen LogP contribution >= 0.6 is 0 Å². The zero-order valence-corrected chi connectivity index (χ0v) is 9.60. The zero-order valence-electron chi connectivity index (χ0n) is 9.60. The molecule has 1 amide bonds. The van der Waals surface area contributed by atoms with E-state index >= 15 is 0 Å². The van der Waals surface area contributed by atoms with Gasteiger partial charge in [-0.3, -0.25) is 4.79 Å². The molecule has 0 aromatic heterocycles. The second-order valence-electron chi connectivity index (χ2n) is 3.80. The molecule has 0 fully saturated rings. The van der Waals surface area contributed by atoms with Crippen LogP contribution in [-0.4, -0.2) is 29.4 Å². The van der Waals surface area contributed by atoms with Gasteiger partial charge in [0.15, 0.2) is 6.04 Å². The zero-order chi connectivity index (χ0) is 12.3. The van der Waals surface area contributed by atoms with Crippen molar-refractivity contribution >= 4 is 12.4 Å². The fourth-order valence-electron chi connectivity index (χ4n) is 1.66. The molecule has 1 atom stereocenters. The molecule has 0 aliphatic rings. The fourth-order valence-corrected chi connectivity index (χ4v) is 1.66. The monoisotopic (exact) mass is 221 g/mol. The second-order valence-corrected chi connectivity index (χ2v) is 3.80. The number of carboxylic acids is 1. The minimum atomic E-state index is -1.02. The van der Waals surface area contributed by atoms with E-state index in [-0.39, 0.29) is 0 Å². The standard InChI is InChI=1S/C12H15NO3/c1-8-5-4-6-10(9(8)2)11(12(15)16)13(3)7-14/h4-7,11H,1-3H3,(H,15,16). The van der Waals surface area contributed by atoms with Gasteiger partial charge in [-0.2, -0.15) is 0 Å². The Morgan fingerprint density at radius 2 is 2.06 bits per heavy atom. The van der Waals surface area contributed by atoms with Crippen molar-refractivity contribution in [1.82, 2.24) is 4.90 Å². The molecule has 16 heavy (non-hydrogen) atoms. The van der Waals surface area contributed by atoms with Crippen LogP contribution in [0.4, 0.5) is 0 Å². The Morgan fingerprint density at radius 1 is 1.44 bits per heavy atom. The SMILES string of the molecule is Cc1cccc(C(C(=O)O)N(C)C=O)c1C. The number of amides is 1. The molecule has 0 bridgehead atoms. The predicted octanol–water partition coefficient (Wildman–Crippen LogP) is 1.52. The molecule has 4 nitrogen and oxygen atoms in total. The van der Waals surface area contributed by atoms with Crippen molar-refractivity contribution in [2.45, 2.75) is 19.9 Å². The van der Waals surface area contributed by atoms with Gasteiger partial charge in [-0.1, -0.05) is 18.2 Å². The number of aliphatic carboxylic acids is 1. The Hall–Kier alpha value is -1.84. The van der Waals surface area contributed by atoms with Crippen LogP contribution < -0.4 is 0 Å². The number of carboxylic acid groups (broad SMARTS) is 1. The number of hydrogen-bond donors (Lipinski definition) is 1. The van der Waals surface area contributed by atoms with E-state index in [0.717, 1.165) is 16.0 Å². The molecular weight excluding hydrogens is 206 g/mol. The van der Waals surface area contributed by atoms with Gasteiger partial charge in [0.25, 0.3) is 0 Å². The Balaban J connectivity index is 3.26. The fraction of sp³-hybridized carbons (Fsp3) is 0.333. The lowest BCUT2D eigenvalue weighted by molar-refractivity contribution is -0.145. The number of aryl methyl sites for hydroxylation is 1. The summed E-state index contributed by atoms with van der Waals surface area (Å²) >= 11 is 0. The van der Waals surface area contributed by atoms with E-state index in [2.05, 4.69) is 0 Å². The van der Waals surface area contributed by atoms with E-state index in [1.165, 1.54) is 7.05 Å². The molecule has 1 N–H and O–H groups in total. The first-order chi connectivity index (χ1) is 7.49. The van der Waals surface area contributed by atoms with Gasteiger partial charge in [-0.25, -0.2) is 4.79 Å². The van der Waals surface area contributed by atoms with Crippen LogP contribution in [0.2, 0.25) is 0 Å². The van der Waals surface area contributed by atoms with Crippen molar-refractivity contribution in [1.29, 1.82) is 0 Å². The van der Waals surface area contributed by atoms with E-state index < -0.39 is 12.0 Å². The van der Waals surface area contributed by atoms with Crippen LogP contribution in [0.25, 0.3) is 0 Å². The van der Waals surface area contributed by atoms with Gasteiger partial charge >= 0.3 is 5.97 Å². The maximum absolute atomic E-state index is 11.2. The van der Waals surface area contributed by atoms with Crippen LogP contribution in [0.15, 0.2) is 18.2 Å². The highest BCUT2D eigenvalue weighted by Gasteiger charge is 2.25. The van der Waals surface area contributed by atoms with Crippen molar-refractivity contribution in [2.24, 2.45) is 0 Å². The van der Waals surface area contributed by atoms with Crippen molar-refractivity contribution in [3.05, 3.63) is 34.9 Å². The molecule has 1 unspecified atom stereocenters. The van der Waals surface area contributed by atoms with Crippen molar-refractivity contribution < 1.29 is 14.7 Å². The average molecular weight is 221 g/mol. The largest absolute Gasteiger partial charge is 0.479 e. The summed E-state index contributed by atoms with van der Waals surface area (Å²) in [6.07, 6.45) is 0.528. The number of nitrogens with zero attached hydrogens (tertiary/aromatic N) is 1. The quantitative estimate of drug-likeness (QED) is 0.784. The lowest BCUT2D eigenvalue weighted by Crippen LogP contribution is -2.30. The van der Waals surface area contributed by atoms with E-state index in [0.29, 0.717) is 12.0 Å². The lowest BCUT2D eigenvalue weighted by atomic mass is 9.97. The Labute approximate surface area is 94.5 Å². The molecule has 4 heteroatoms. The molecule has 0 saturated heterocycles. The highest BCUT2D eigenvalue weighted by Crippen LogP contribution is 2.24. The molecule has 0 spiro atoms. The number of rotatable bonds is 4. The summed E-state index contributed by atoms with van der Waals surface area (Å²) in [5, 5.41) is 9.14. The summed E-state index contributed by atoms with van der Waals surface area (Å²) in [4.78, 5) is 23.0. The third kappa shape index (κ3) is 2.21. The smallest absolute Gasteiger partial charge is 0.331 e. The summed E-state index contributed by atoms with van der Waals surface area (Å²) in [5.41, 5.74) is 2.58. The number of likely N-dealkylation sites (N-methyl/N-ethyl adjacent to an activating group) is 1. The van der Waals surface area contributed by atoms with E-state index in [9.17, 15) is 9.59 Å². The van der Waals surface area contributed by atoms with Crippen molar-refractivity contribution in [3.8, 4) is 0 Å². The molecule has 1 aromatic rings. The summed E-state index contributed by atoms with van der Waals surface area (Å²) in [5.74, 6) is -1.02. The maximum atomic E-state index is 11.2. The van der Waals surface area contributed by atoms with Gasteiger partial charge in [-0.05, 0) is 30.5 Å². The Morgan fingerprint density at radius 3 is 2.56 bits per heavy atom.